The molecule has 7 heteroatoms. The van der Waals surface area contributed by atoms with Gasteiger partial charge in [-0.3, -0.25) is 0 Å². The Kier molecular flexibility index (Phi) is 5.87. The van der Waals surface area contributed by atoms with Gasteiger partial charge in [0, 0.05) is 12.6 Å². The number of rotatable bonds is 3. The monoisotopic (exact) mass is 273 g/mol. The molecule has 2 nitrogen and oxygen atoms in total. The first-order valence-corrected chi connectivity index (χ1v) is 4.59. The van der Waals surface area contributed by atoms with Gasteiger partial charge in [0.2, 0.25) is 0 Å². The largest absolute Gasteiger partial charge is 0.416 e. The lowest BCUT2D eigenvalue weighted by atomic mass is 9.98. The summed E-state index contributed by atoms with van der Waals surface area (Å²) in [5.41, 5.74) is 4.18. The molecule has 0 fully saturated rings. The van der Waals surface area contributed by atoms with Crippen molar-refractivity contribution in [1.82, 2.24) is 0 Å². The van der Waals surface area contributed by atoms with Crippen LogP contribution in [0, 0.1) is 5.82 Å². The van der Waals surface area contributed by atoms with Crippen LogP contribution in [0.1, 0.15) is 23.6 Å². The van der Waals surface area contributed by atoms with Crippen molar-refractivity contribution in [1.29, 1.82) is 0 Å². The summed E-state index contributed by atoms with van der Waals surface area (Å²) in [6, 6.07) is 1.37. The van der Waals surface area contributed by atoms with Gasteiger partial charge in [0.05, 0.1) is 5.56 Å². The van der Waals surface area contributed by atoms with E-state index in [4.69, 9.17) is 10.8 Å². The van der Waals surface area contributed by atoms with Gasteiger partial charge >= 0.3 is 6.18 Å². The number of halogens is 5. The highest BCUT2D eigenvalue weighted by Crippen LogP contribution is 2.35. The predicted molar refractivity (Wildman–Crippen MR) is 57.3 cm³/mol. The molecule has 0 bridgehead atoms. The number of aliphatic hydroxyl groups is 1. The zero-order valence-corrected chi connectivity index (χ0v) is 9.48. The van der Waals surface area contributed by atoms with Crippen LogP contribution in [-0.2, 0) is 6.18 Å². The Morgan fingerprint density at radius 3 is 2.35 bits per heavy atom. The summed E-state index contributed by atoms with van der Waals surface area (Å²) in [5.74, 6) is -0.965. The predicted octanol–water partition coefficient (Wildman–Crippen LogP) is 2.65. The van der Waals surface area contributed by atoms with E-state index in [9.17, 15) is 17.6 Å². The third kappa shape index (κ3) is 4.14. The minimum atomic E-state index is -4.65. The number of alkyl halides is 3. The molecule has 0 heterocycles. The van der Waals surface area contributed by atoms with Crippen LogP contribution in [0.4, 0.5) is 17.6 Å². The van der Waals surface area contributed by atoms with Gasteiger partial charge in [-0.1, -0.05) is 6.07 Å². The van der Waals surface area contributed by atoms with Gasteiger partial charge in [-0.05, 0) is 24.1 Å². The van der Waals surface area contributed by atoms with E-state index in [1.807, 2.05) is 0 Å². The lowest BCUT2D eigenvalue weighted by Crippen LogP contribution is -2.18. The van der Waals surface area contributed by atoms with Crippen LogP contribution < -0.4 is 5.73 Å². The lowest BCUT2D eigenvalue weighted by molar-refractivity contribution is -0.138. The zero-order chi connectivity index (χ0) is 12.3. The summed E-state index contributed by atoms with van der Waals surface area (Å²) in [7, 11) is 0. The molecule has 1 atom stereocenters. The van der Waals surface area contributed by atoms with Crippen LogP contribution in [0.25, 0.3) is 0 Å². The summed E-state index contributed by atoms with van der Waals surface area (Å²) in [6.07, 6.45) is -4.65. The van der Waals surface area contributed by atoms with E-state index in [2.05, 4.69) is 0 Å². The van der Waals surface area contributed by atoms with Crippen LogP contribution in [0.2, 0.25) is 0 Å². The molecule has 0 amide bonds. The van der Waals surface area contributed by atoms with Crippen molar-refractivity contribution in [3.63, 3.8) is 0 Å². The topological polar surface area (TPSA) is 46.2 Å². The molecule has 0 saturated heterocycles. The highest BCUT2D eigenvalue weighted by atomic mass is 35.5. The van der Waals surface area contributed by atoms with Gasteiger partial charge in [-0.2, -0.15) is 13.2 Å². The fourth-order valence-corrected chi connectivity index (χ4v) is 1.39. The number of aliphatic hydroxyl groups excluding tert-OH is 1. The first kappa shape index (κ1) is 16.1. The summed E-state index contributed by atoms with van der Waals surface area (Å²) < 4.78 is 50.4. The standard InChI is InChI=1S/C10H11F4NO.ClH/c11-6-1-2-7(9(15)3-4-16)8(5-6)10(12,13)14;/h1-2,5,9,16H,3-4,15H2;1H/t9-;/m1./s1. The molecule has 0 aliphatic carbocycles. The van der Waals surface area contributed by atoms with E-state index in [1.165, 1.54) is 0 Å². The van der Waals surface area contributed by atoms with Crippen molar-refractivity contribution in [3.8, 4) is 0 Å². The molecular formula is C10H12ClF4NO. The van der Waals surface area contributed by atoms with Crippen molar-refractivity contribution in [2.24, 2.45) is 5.73 Å². The maximum Gasteiger partial charge on any atom is 0.416 e. The molecule has 0 aliphatic rings. The second-order valence-corrected chi connectivity index (χ2v) is 3.35. The van der Waals surface area contributed by atoms with E-state index in [1.54, 1.807) is 0 Å². The van der Waals surface area contributed by atoms with E-state index in [0.717, 1.165) is 12.1 Å². The molecular weight excluding hydrogens is 262 g/mol. The molecule has 0 unspecified atom stereocenters. The van der Waals surface area contributed by atoms with Gasteiger partial charge in [0.25, 0.3) is 0 Å². The second-order valence-electron chi connectivity index (χ2n) is 3.35. The quantitative estimate of drug-likeness (QED) is 0.832. The Hall–Kier alpha value is -0.850. The molecule has 0 radical (unpaired) electrons. The number of hydrogen-bond acceptors (Lipinski definition) is 2. The number of hydrogen-bond donors (Lipinski definition) is 2. The Morgan fingerprint density at radius 2 is 1.88 bits per heavy atom. The van der Waals surface area contributed by atoms with Crippen molar-refractivity contribution in [2.45, 2.75) is 18.6 Å². The normalized spacial score (nSPS) is 13.1. The van der Waals surface area contributed by atoms with Crippen LogP contribution in [-0.4, -0.2) is 11.7 Å². The van der Waals surface area contributed by atoms with Crippen molar-refractivity contribution in [2.75, 3.05) is 6.61 Å². The zero-order valence-electron chi connectivity index (χ0n) is 8.67. The smallest absolute Gasteiger partial charge is 0.396 e. The van der Waals surface area contributed by atoms with Crippen molar-refractivity contribution >= 4 is 12.4 Å². The lowest BCUT2D eigenvalue weighted by Gasteiger charge is -2.17. The molecule has 1 aromatic carbocycles. The van der Waals surface area contributed by atoms with Gasteiger partial charge in [-0.15, -0.1) is 12.4 Å². The molecule has 1 aromatic rings. The Bertz CT molecular complexity index is 370. The maximum atomic E-state index is 12.7. The molecule has 0 saturated carbocycles. The first-order chi connectivity index (χ1) is 7.36. The Balaban J connectivity index is 0.00000256. The Labute approximate surface area is 102 Å². The fourth-order valence-electron chi connectivity index (χ4n) is 1.39. The Morgan fingerprint density at radius 1 is 1.29 bits per heavy atom. The van der Waals surface area contributed by atoms with E-state index < -0.39 is 23.6 Å². The van der Waals surface area contributed by atoms with Gasteiger partial charge < -0.3 is 10.8 Å². The third-order valence-electron chi connectivity index (χ3n) is 2.16. The number of nitrogens with two attached hydrogens (primary N) is 1. The van der Waals surface area contributed by atoms with Gasteiger partial charge in [-0.25, -0.2) is 4.39 Å². The highest BCUT2D eigenvalue weighted by Gasteiger charge is 2.34. The van der Waals surface area contributed by atoms with E-state index in [0.29, 0.717) is 6.07 Å². The summed E-state index contributed by atoms with van der Waals surface area (Å²) in [5, 5.41) is 8.61. The van der Waals surface area contributed by atoms with Crippen LogP contribution in [0.5, 0.6) is 0 Å². The molecule has 0 aliphatic heterocycles. The van der Waals surface area contributed by atoms with E-state index in [-0.39, 0.29) is 31.0 Å². The maximum absolute atomic E-state index is 12.7. The molecule has 98 valence electrons. The summed E-state index contributed by atoms with van der Waals surface area (Å²) in [6.45, 7) is -0.324. The van der Waals surface area contributed by atoms with Crippen molar-refractivity contribution < 1.29 is 22.7 Å². The molecule has 0 spiro atoms. The molecule has 1 rings (SSSR count). The highest BCUT2D eigenvalue weighted by molar-refractivity contribution is 5.85. The average Bonchev–Trinajstić information content (AvgIpc) is 2.16. The van der Waals surface area contributed by atoms with E-state index >= 15 is 0 Å². The van der Waals surface area contributed by atoms with Crippen LogP contribution in [0.3, 0.4) is 0 Å². The van der Waals surface area contributed by atoms with Crippen molar-refractivity contribution in [3.05, 3.63) is 35.1 Å². The minimum Gasteiger partial charge on any atom is -0.396 e. The first-order valence-electron chi connectivity index (χ1n) is 4.59. The summed E-state index contributed by atoms with van der Waals surface area (Å²) in [4.78, 5) is 0. The fraction of sp³-hybridized carbons (Fsp3) is 0.400. The van der Waals surface area contributed by atoms with Crippen LogP contribution >= 0.6 is 12.4 Å². The second kappa shape index (κ2) is 6.18. The molecule has 3 N–H and O–H groups in total. The van der Waals surface area contributed by atoms with Gasteiger partial charge in [0.1, 0.15) is 5.82 Å². The number of benzene rings is 1. The summed E-state index contributed by atoms with van der Waals surface area (Å²) >= 11 is 0. The molecule has 0 aromatic heterocycles. The SMILES string of the molecule is Cl.N[C@H](CCO)c1ccc(F)cc1C(F)(F)F. The van der Waals surface area contributed by atoms with Gasteiger partial charge in [0.15, 0.2) is 0 Å². The average molecular weight is 274 g/mol. The minimum absolute atomic E-state index is 0. The third-order valence-corrected chi connectivity index (χ3v) is 2.16. The molecule has 17 heavy (non-hydrogen) atoms. The van der Waals surface area contributed by atoms with Crippen LogP contribution in [0.15, 0.2) is 18.2 Å².